The number of hydrogen-bond acceptors (Lipinski definition) is 4. The molecule has 0 spiro atoms. The Balaban J connectivity index is 1.75. The van der Waals surface area contributed by atoms with Gasteiger partial charge in [-0.05, 0) is 12.0 Å². The summed E-state index contributed by atoms with van der Waals surface area (Å²) in [5.74, 6) is -1.01. The molecular formula is C15H15F2N5. The molecule has 0 aliphatic rings. The van der Waals surface area contributed by atoms with Crippen LogP contribution in [0.4, 0.5) is 14.6 Å². The Morgan fingerprint density at radius 3 is 2.82 bits per heavy atom. The summed E-state index contributed by atoms with van der Waals surface area (Å²) in [6.45, 7) is 3.53. The minimum Gasteiger partial charge on any atom is -0.369 e. The minimum absolute atomic E-state index is 0.310. The van der Waals surface area contributed by atoms with Crippen molar-refractivity contribution in [3.05, 3.63) is 48.8 Å². The zero-order chi connectivity index (χ0) is 15.5. The average Bonchev–Trinajstić information content (AvgIpc) is 2.99. The summed E-state index contributed by atoms with van der Waals surface area (Å²) in [5.41, 5.74) is 0.374. The Bertz CT molecular complexity index is 773. The van der Waals surface area contributed by atoms with Crippen molar-refractivity contribution in [3.63, 3.8) is 0 Å². The molecule has 0 amide bonds. The monoisotopic (exact) mass is 303 g/mol. The fourth-order valence-electron chi connectivity index (χ4n) is 2.28. The summed E-state index contributed by atoms with van der Waals surface area (Å²) in [7, 11) is 0. The second-order valence-electron chi connectivity index (χ2n) is 5.25. The number of nitrogens with one attached hydrogen (secondary N) is 1. The standard InChI is InChI=1S/C15H15F2N5/c1-10(7-22-3-2-18-9-22)6-19-15-11-4-12(16)13(17)5-14(11)20-8-21-15/h2-5,8-10H,6-7H2,1H3,(H,19,20,21)/t10-/m0/s1. The van der Waals surface area contributed by atoms with Crippen LogP contribution in [-0.4, -0.2) is 26.1 Å². The lowest BCUT2D eigenvalue weighted by molar-refractivity contribution is 0.502. The van der Waals surface area contributed by atoms with E-state index in [4.69, 9.17) is 0 Å². The molecule has 0 unspecified atom stereocenters. The van der Waals surface area contributed by atoms with Gasteiger partial charge in [0.05, 0.1) is 11.8 Å². The van der Waals surface area contributed by atoms with Crippen molar-refractivity contribution >= 4 is 16.7 Å². The number of anilines is 1. The van der Waals surface area contributed by atoms with Gasteiger partial charge in [-0.2, -0.15) is 0 Å². The van der Waals surface area contributed by atoms with Crippen LogP contribution in [0.5, 0.6) is 0 Å². The predicted molar refractivity (Wildman–Crippen MR) is 79.3 cm³/mol. The molecule has 3 rings (SSSR count). The van der Waals surface area contributed by atoms with Crippen molar-refractivity contribution < 1.29 is 8.78 Å². The van der Waals surface area contributed by atoms with Crippen LogP contribution < -0.4 is 5.32 Å². The molecule has 22 heavy (non-hydrogen) atoms. The van der Waals surface area contributed by atoms with Crippen LogP contribution in [-0.2, 0) is 6.54 Å². The Labute approximate surface area is 126 Å². The van der Waals surface area contributed by atoms with Gasteiger partial charge in [0, 0.05) is 36.9 Å². The molecule has 0 saturated heterocycles. The SMILES string of the molecule is C[C@@H](CNc1ncnc2cc(F)c(F)cc12)Cn1ccnc1. The summed E-state index contributed by atoms with van der Waals surface area (Å²) in [6, 6.07) is 2.19. The van der Waals surface area contributed by atoms with Gasteiger partial charge in [0.1, 0.15) is 12.1 Å². The smallest absolute Gasteiger partial charge is 0.161 e. The first-order valence-electron chi connectivity index (χ1n) is 6.93. The van der Waals surface area contributed by atoms with Gasteiger partial charge in [0.25, 0.3) is 0 Å². The van der Waals surface area contributed by atoms with E-state index in [1.807, 2.05) is 10.8 Å². The number of imidazole rings is 1. The van der Waals surface area contributed by atoms with Crippen LogP contribution >= 0.6 is 0 Å². The van der Waals surface area contributed by atoms with E-state index >= 15 is 0 Å². The van der Waals surface area contributed by atoms with Gasteiger partial charge in [-0.15, -0.1) is 0 Å². The Kier molecular flexibility index (Phi) is 3.95. The van der Waals surface area contributed by atoms with Crippen molar-refractivity contribution in [2.45, 2.75) is 13.5 Å². The van der Waals surface area contributed by atoms with E-state index in [1.54, 1.807) is 12.5 Å². The zero-order valence-corrected chi connectivity index (χ0v) is 12.0. The van der Waals surface area contributed by atoms with Crippen LogP contribution in [0.25, 0.3) is 10.9 Å². The van der Waals surface area contributed by atoms with Crippen LogP contribution in [0.3, 0.4) is 0 Å². The van der Waals surface area contributed by atoms with Gasteiger partial charge in [-0.1, -0.05) is 6.92 Å². The number of hydrogen-bond donors (Lipinski definition) is 1. The van der Waals surface area contributed by atoms with Crippen molar-refractivity contribution in [2.75, 3.05) is 11.9 Å². The quantitative estimate of drug-likeness (QED) is 0.787. The van der Waals surface area contributed by atoms with Crippen LogP contribution in [0.2, 0.25) is 0 Å². The van der Waals surface area contributed by atoms with Gasteiger partial charge in [-0.3, -0.25) is 0 Å². The number of aromatic nitrogens is 4. The lowest BCUT2D eigenvalue weighted by atomic mass is 10.1. The summed E-state index contributed by atoms with van der Waals surface area (Å²) < 4.78 is 28.6. The maximum absolute atomic E-state index is 13.4. The van der Waals surface area contributed by atoms with Gasteiger partial charge in [-0.25, -0.2) is 23.7 Å². The molecule has 7 heteroatoms. The fraction of sp³-hybridized carbons (Fsp3) is 0.267. The average molecular weight is 303 g/mol. The van der Waals surface area contributed by atoms with Crippen molar-refractivity contribution in [3.8, 4) is 0 Å². The minimum atomic E-state index is -0.911. The highest BCUT2D eigenvalue weighted by Gasteiger charge is 2.10. The number of rotatable bonds is 5. The number of halogens is 2. The Hall–Kier alpha value is -2.57. The zero-order valence-electron chi connectivity index (χ0n) is 12.0. The van der Waals surface area contributed by atoms with E-state index < -0.39 is 11.6 Å². The van der Waals surface area contributed by atoms with E-state index in [-0.39, 0.29) is 0 Å². The summed E-state index contributed by atoms with van der Waals surface area (Å²) >= 11 is 0. The predicted octanol–water partition coefficient (Wildman–Crippen LogP) is 2.85. The lowest BCUT2D eigenvalue weighted by Crippen LogP contribution is -2.17. The molecule has 1 aromatic carbocycles. The van der Waals surface area contributed by atoms with Crippen LogP contribution in [0.15, 0.2) is 37.2 Å². The topological polar surface area (TPSA) is 55.6 Å². The van der Waals surface area contributed by atoms with Gasteiger partial charge in [0.2, 0.25) is 0 Å². The highest BCUT2D eigenvalue weighted by molar-refractivity contribution is 5.88. The second kappa shape index (κ2) is 6.05. The molecule has 5 nitrogen and oxygen atoms in total. The molecule has 0 saturated carbocycles. The molecule has 2 heterocycles. The second-order valence-corrected chi connectivity index (χ2v) is 5.25. The molecule has 1 N–H and O–H groups in total. The molecule has 0 aliphatic heterocycles. The van der Waals surface area contributed by atoms with E-state index in [0.717, 1.165) is 18.7 Å². The molecule has 0 bridgehead atoms. The summed E-state index contributed by atoms with van der Waals surface area (Å²) in [6.07, 6.45) is 6.72. The van der Waals surface area contributed by atoms with Gasteiger partial charge in [0.15, 0.2) is 11.6 Å². The maximum Gasteiger partial charge on any atom is 0.161 e. The number of benzene rings is 1. The van der Waals surface area contributed by atoms with Crippen molar-refractivity contribution in [2.24, 2.45) is 5.92 Å². The van der Waals surface area contributed by atoms with Crippen LogP contribution in [0.1, 0.15) is 6.92 Å². The van der Waals surface area contributed by atoms with Gasteiger partial charge >= 0.3 is 0 Å². The Morgan fingerprint density at radius 1 is 1.23 bits per heavy atom. The van der Waals surface area contributed by atoms with Crippen molar-refractivity contribution in [1.82, 2.24) is 19.5 Å². The molecular weight excluding hydrogens is 288 g/mol. The maximum atomic E-state index is 13.4. The number of fused-ring (bicyclic) bond motifs is 1. The van der Waals surface area contributed by atoms with E-state index in [9.17, 15) is 8.78 Å². The third kappa shape index (κ3) is 3.03. The highest BCUT2D eigenvalue weighted by atomic mass is 19.2. The molecule has 2 aromatic heterocycles. The summed E-state index contributed by atoms with van der Waals surface area (Å²) in [4.78, 5) is 12.1. The third-order valence-corrected chi connectivity index (χ3v) is 3.38. The van der Waals surface area contributed by atoms with Crippen molar-refractivity contribution in [1.29, 1.82) is 0 Å². The molecule has 1 atom stereocenters. The fourth-order valence-corrected chi connectivity index (χ4v) is 2.28. The summed E-state index contributed by atoms with van der Waals surface area (Å²) in [5, 5.41) is 3.64. The molecule has 0 aliphatic carbocycles. The van der Waals surface area contributed by atoms with Crippen LogP contribution in [0, 0.1) is 17.6 Å². The first-order valence-corrected chi connectivity index (χ1v) is 6.93. The molecule has 114 valence electrons. The molecule has 0 radical (unpaired) electrons. The first-order chi connectivity index (χ1) is 10.6. The largest absolute Gasteiger partial charge is 0.369 e. The van der Waals surface area contributed by atoms with Gasteiger partial charge < -0.3 is 9.88 Å². The van der Waals surface area contributed by atoms with E-state index in [2.05, 4.69) is 27.2 Å². The Morgan fingerprint density at radius 2 is 2.05 bits per heavy atom. The normalized spacial score (nSPS) is 12.5. The lowest BCUT2D eigenvalue weighted by Gasteiger charge is -2.14. The third-order valence-electron chi connectivity index (χ3n) is 3.38. The van der Waals surface area contributed by atoms with E-state index in [0.29, 0.717) is 29.2 Å². The number of nitrogens with zero attached hydrogens (tertiary/aromatic N) is 4. The molecule has 3 aromatic rings. The first kappa shape index (κ1) is 14.4. The molecule has 0 fully saturated rings. The highest BCUT2D eigenvalue weighted by Crippen LogP contribution is 2.22. The van der Waals surface area contributed by atoms with E-state index in [1.165, 1.54) is 6.33 Å².